The van der Waals surface area contributed by atoms with E-state index in [2.05, 4.69) is 10.3 Å². The molecule has 1 aliphatic heterocycles. The number of nitrogens with one attached hydrogen (secondary N) is 1. The van der Waals surface area contributed by atoms with E-state index in [1.54, 1.807) is 20.3 Å². The first-order valence-corrected chi connectivity index (χ1v) is 8.05. The lowest BCUT2D eigenvalue weighted by molar-refractivity contribution is -0.115. The van der Waals surface area contributed by atoms with Gasteiger partial charge in [-0.15, -0.1) is 0 Å². The van der Waals surface area contributed by atoms with Gasteiger partial charge in [0, 0.05) is 5.92 Å². The molecule has 0 bridgehead atoms. The number of nitrogens with zero attached hydrogens (tertiary/aromatic N) is 1. The molecule has 1 aromatic carbocycles. The molecule has 1 amide bonds. The smallest absolute Gasteiger partial charge is 0.275 e. The van der Waals surface area contributed by atoms with E-state index < -0.39 is 0 Å². The van der Waals surface area contributed by atoms with Crippen molar-refractivity contribution < 1.29 is 14.3 Å². The van der Waals surface area contributed by atoms with Gasteiger partial charge in [0.05, 0.1) is 14.2 Å². The molecule has 1 fully saturated rings. The van der Waals surface area contributed by atoms with Gasteiger partial charge in [-0.2, -0.15) is 0 Å². The van der Waals surface area contributed by atoms with Crippen LogP contribution in [0, 0.1) is 5.92 Å². The summed E-state index contributed by atoms with van der Waals surface area (Å²) in [4.78, 5) is 16.7. The Balaban J connectivity index is 1.83. The Morgan fingerprint density at radius 1 is 1.13 bits per heavy atom. The van der Waals surface area contributed by atoms with E-state index in [-0.39, 0.29) is 5.91 Å². The maximum atomic E-state index is 12.2. The number of ether oxygens (including phenoxy) is 2. The molecule has 1 aromatic rings. The van der Waals surface area contributed by atoms with E-state index in [4.69, 9.17) is 9.47 Å². The number of hydrogen-bond acceptors (Lipinski definition) is 4. The molecule has 5 nitrogen and oxygen atoms in total. The van der Waals surface area contributed by atoms with Gasteiger partial charge in [-0.3, -0.25) is 4.79 Å². The lowest BCUT2D eigenvalue weighted by Gasteiger charge is -2.20. The average molecular weight is 314 g/mol. The molecule has 3 rings (SSSR count). The number of aliphatic imine (C=N–C) groups is 1. The van der Waals surface area contributed by atoms with Crippen LogP contribution in [-0.2, 0) is 4.79 Å². The molecule has 2 aliphatic rings. The molecule has 1 heterocycles. The van der Waals surface area contributed by atoms with E-state index >= 15 is 0 Å². The van der Waals surface area contributed by atoms with E-state index in [1.807, 2.05) is 18.2 Å². The van der Waals surface area contributed by atoms with Crippen LogP contribution in [0.3, 0.4) is 0 Å². The van der Waals surface area contributed by atoms with Gasteiger partial charge >= 0.3 is 0 Å². The number of carbonyl (C=O) groups is 1. The van der Waals surface area contributed by atoms with Crippen LogP contribution in [-0.4, -0.2) is 26.0 Å². The molecule has 0 atom stereocenters. The Bertz CT molecular complexity index is 658. The Kier molecular flexibility index (Phi) is 4.65. The minimum atomic E-state index is -0.125. The van der Waals surface area contributed by atoms with Crippen LogP contribution in [0.5, 0.6) is 11.5 Å². The fourth-order valence-electron chi connectivity index (χ4n) is 3.16. The first kappa shape index (κ1) is 15.6. The number of hydrogen-bond donors (Lipinski definition) is 1. The molecule has 1 saturated carbocycles. The predicted octanol–water partition coefficient (Wildman–Crippen LogP) is 3.15. The number of carbonyl (C=O) groups excluding carboxylic acids is 1. The zero-order valence-electron chi connectivity index (χ0n) is 13.6. The summed E-state index contributed by atoms with van der Waals surface area (Å²) in [5.74, 6) is 2.40. The number of benzene rings is 1. The monoisotopic (exact) mass is 314 g/mol. The summed E-state index contributed by atoms with van der Waals surface area (Å²) in [5.41, 5.74) is 1.32. The topological polar surface area (TPSA) is 59.9 Å². The molecule has 0 saturated heterocycles. The van der Waals surface area contributed by atoms with Crippen molar-refractivity contribution in [1.82, 2.24) is 5.32 Å². The van der Waals surface area contributed by atoms with E-state index in [0.717, 1.165) is 24.2 Å². The van der Waals surface area contributed by atoms with Crippen molar-refractivity contribution in [2.75, 3.05) is 14.2 Å². The van der Waals surface area contributed by atoms with Crippen molar-refractivity contribution >= 4 is 17.8 Å². The first-order chi connectivity index (χ1) is 11.2. The molecule has 1 N–H and O–H groups in total. The van der Waals surface area contributed by atoms with Crippen LogP contribution in [0.4, 0.5) is 0 Å². The number of amidine groups is 1. The zero-order chi connectivity index (χ0) is 16.2. The van der Waals surface area contributed by atoms with Crippen molar-refractivity contribution in [1.29, 1.82) is 0 Å². The molecule has 1 aliphatic carbocycles. The van der Waals surface area contributed by atoms with Crippen LogP contribution >= 0.6 is 0 Å². The lowest BCUT2D eigenvalue weighted by Crippen LogP contribution is -2.31. The third kappa shape index (κ3) is 3.38. The molecule has 5 heteroatoms. The molecule has 0 radical (unpaired) electrons. The van der Waals surface area contributed by atoms with Crippen LogP contribution in [0.2, 0.25) is 0 Å². The third-order valence-corrected chi connectivity index (χ3v) is 4.42. The highest BCUT2D eigenvalue weighted by molar-refractivity contribution is 6.15. The second kappa shape index (κ2) is 6.86. The number of methoxy groups -OCH3 is 2. The minimum absolute atomic E-state index is 0.125. The van der Waals surface area contributed by atoms with E-state index in [1.165, 1.54) is 19.3 Å². The van der Waals surface area contributed by atoms with Gasteiger partial charge < -0.3 is 14.8 Å². The summed E-state index contributed by atoms with van der Waals surface area (Å²) in [7, 11) is 3.19. The van der Waals surface area contributed by atoms with Crippen LogP contribution in [0.25, 0.3) is 6.08 Å². The fraction of sp³-hybridized carbons (Fsp3) is 0.444. The summed E-state index contributed by atoms with van der Waals surface area (Å²) < 4.78 is 10.5. The molecular formula is C18H22N2O3. The van der Waals surface area contributed by atoms with Crippen LogP contribution < -0.4 is 14.8 Å². The third-order valence-electron chi connectivity index (χ3n) is 4.42. The van der Waals surface area contributed by atoms with Crippen molar-refractivity contribution in [2.24, 2.45) is 10.9 Å². The highest BCUT2D eigenvalue weighted by Gasteiger charge is 2.27. The van der Waals surface area contributed by atoms with Gasteiger partial charge in [0.15, 0.2) is 11.5 Å². The predicted molar refractivity (Wildman–Crippen MR) is 89.7 cm³/mol. The van der Waals surface area contributed by atoms with Crippen molar-refractivity contribution in [3.8, 4) is 11.5 Å². The van der Waals surface area contributed by atoms with Gasteiger partial charge in [-0.05, 0) is 36.6 Å². The molecular weight excluding hydrogens is 292 g/mol. The van der Waals surface area contributed by atoms with Gasteiger partial charge in [-0.25, -0.2) is 4.99 Å². The quantitative estimate of drug-likeness (QED) is 0.869. The molecule has 0 spiro atoms. The maximum Gasteiger partial charge on any atom is 0.275 e. The van der Waals surface area contributed by atoms with Gasteiger partial charge in [0.1, 0.15) is 11.5 Å². The van der Waals surface area contributed by atoms with Gasteiger partial charge in [0.25, 0.3) is 5.91 Å². The van der Waals surface area contributed by atoms with E-state index in [9.17, 15) is 4.79 Å². The first-order valence-electron chi connectivity index (χ1n) is 8.05. The van der Waals surface area contributed by atoms with Crippen LogP contribution in [0.15, 0.2) is 28.9 Å². The fourth-order valence-corrected chi connectivity index (χ4v) is 3.16. The molecule has 122 valence electrons. The second-order valence-corrected chi connectivity index (χ2v) is 5.93. The Labute approximate surface area is 136 Å². The average Bonchev–Trinajstić information content (AvgIpc) is 2.96. The summed E-state index contributed by atoms with van der Waals surface area (Å²) in [6, 6.07) is 5.55. The maximum absolute atomic E-state index is 12.2. The standard InChI is InChI=1S/C18H22N2O3/c1-22-15-9-8-12(11-16(15)23-2)10-14-18(21)20-17(19-14)13-6-4-3-5-7-13/h8-11,13H,3-7H2,1-2H3,(H,19,20,21)/b14-10+. The Hall–Kier alpha value is -2.30. The highest BCUT2D eigenvalue weighted by Crippen LogP contribution is 2.30. The molecule has 23 heavy (non-hydrogen) atoms. The summed E-state index contributed by atoms with van der Waals surface area (Å²) in [6.45, 7) is 0. The zero-order valence-corrected chi connectivity index (χ0v) is 13.6. The largest absolute Gasteiger partial charge is 0.493 e. The summed E-state index contributed by atoms with van der Waals surface area (Å²) >= 11 is 0. The second-order valence-electron chi connectivity index (χ2n) is 5.93. The van der Waals surface area contributed by atoms with E-state index in [0.29, 0.717) is 23.1 Å². The number of amides is 1. The number of rotatable bonds is 4. The van der Waals surface area contributed by atoms with Crippen molar-refractivity contribution in [2.45, 2.75) is 32.1 Å². The van der Waals surface area contributed by atoms with Crippen molar-refractivity contribution in [3.05, 3.63) is 29.5 Å². The van der Waals surface area contributed by atoms with Gasteiger partial charge in [0.2, 0.25) is 0 Å². The van der Waals surface area contributed by atoms with Crippen LogP contribution in [0.1, 0.15) is 37.7 Å². The normalized spacial score (nSPS) is 20.3. The lowest BCUT2D eigenvalue weighted by atomic mass is 9.88. The SMILES string of the molecule is COc1ccc(/C=C2/N=C(C3CCCCC3)NC2=O)cc1OC. The minimum Gasteiger partial charge on any atom is -0.493 e. The Morgan fingerprint density at radius 2 is 1.87 bits per heavy atom. The summed E-state index contributed by atoms with van der Waals surface area (Å²) in [6.07, 6.45) is 7.73. The van der Waals surface area contributed by atoms with Crippen molar-refractivity contribution in [3.63, 3.8) is 0 Å². The molecule has 0 unspecified atom stereocenters. The summed E-state index contributed by atoms with van der Waals surface area (Å²) in [5, 5.41) is 2.93. The molecule has 0 aromatic heterocycles. The Morgan fingerprint density at radius 3 is 2.57 bits per heavy atom. The highest BCUT2D eigenvalue weighted by atomic mass is 16.5. The van der Waals surface area contributed by atoms with Gasteiger partial charge in [-0.1, -0.05) is 25.3 Å².